The van der Waals surface area contributed by atoms with Crippen LogP contribution in [0.4, 0.5) is 10.5 Å². The summed E-state index contributed by atoms with van der Waals surface area (Å²) in [5.74, 6) is 0.910. The van der Waals surface area contributed by atoms with Crippen LogP contribution in [0.3, 0.4) is 0 Å². The second-order valence-electron chi connectivity index (χ2n) is 7.64. The van der Waals surface area contributed by atoms with Crippen molar-refractivity contribution in [2.24, 2.45) is 0 Å². The Morgan fingerprint density at radius 3 is 2.47 bits per heavy atom. The quantitative estimate of drug-likeness (QED) is 0.470. The molecule has 1 heterocycles. The average Bonchev–Trinajstić information content (AvgIpc) is 3.10. The second kappa shape index (κ2) is 8.41. The lowest BCUT2D eigenvalue weighted by atomic mass is 10.1. The number of hydrogen-bond acceptors (Lipinski definition) is 2. The SMILES string of the molecule is Cc1ccc(-c2nc3ccccc3n2CCNC(=O)Nc2cc(C)ccc2C)cc1. The maximum absolute atomic E-state index is 12.4. The van der Waals surface area contributed by atoms with Gasteiger partial charge in [-0.1, -0.05) is 54.1 Å². The van der Waals surface area contributed by atoms with Crippen LogP contribution < -0.4 is 10.6 Å². The monoisotopic (exact) mass is 398 g/mol. The van der Waals surface area contributed by atoms with Crippen LogP contribution in [0, 0.1) is 20.8 Å². The number of aryl methyl sites for hydroxylation is 3. The third-order valence-electron chi connectivity index (χ3n) is 5.23. The van der Waals surface area contributed by atoms with Crippen LogP contribution in [0.5, 0.6) is 0 Å². The molecule has 30 heavy (non-hydrogen) atoms. The summed E-state index contributed by atoms with van der Waals surface area (Å²) in [6, 6.07) is 22.3. The van der Waals surface area contributed by atoms with E-state index in [0.29, 0.717) is 13.1 Å². The molecule has 0 saturated heterocycles. The van der Waals surface area contributed by atoms with Gasteiger partial charge in [-0.3, -0.25) is 0 Å². The summed E-state index contributed by atoms with van der Waals surface area (Å²) >= 11 is 0. The molecular formula is C25H26N4O. The number of fused-ring (bicyclic) bond motifs is 1. The minimum atomic E-state index is -0.204. The third-order valence-corrected chi connectivity index (χ3v) is 5.23. The number of aromatic nitrogens is 2. The first kappa shape index (κ1) is 19.7. The number of nitrogens with zero attached hydrogens (tertiary/aromatic N) is 2. The van der Waals surface area contributed by atoms with Gasteiger partial charge in [0.1, 0.15) is 5.82 Å². The van der Waals surface area contributed by atoms with Gasteiger partial charge in [-0.15, -0.1) is 0 Å². The fourth-order valence-corrected chi connectivity index (χ4v) is 3.54. The zero-order valence-corrected chi connectivity index (χ0v) is 17.6. The van der Waals surface area contributed by atoms with Crippen LogP contribution in [0.2, 0.25) is 0 Å². The van der Waals surface area contributed by atoms with Crippen molar-refractivity contribution in [1.29, 1.82) is 0 Å². The van der Waals surface area contributed by atoms with E-state index in [1.807, 2.05) is 50.2 Å². The standard InChI is InChI=1S/C25H26N4O/c1-17-9-12-20(13-10-17)24-27-21-6-4-5-7-23(21)29(24)15-14-26-25(30)28-22-16-18(2)8-11-19(22)3/h4-13,16H,14-15H2,1-3H3,(H2,26,28,30). The molecule has 0 radical (unpaired) electrons. The lowest BCUT2D eigenvalue weighted by Crippen LogP contribution is -2.31. The summed E-state index contributed by atoms with van der Waals surface area (Å²) in [6.45, 7) is 7.20. The molecule has 0 spiro atoms. The van der Waals surface area contributed by atoms with Crippen molar-refractivity contribution < 1.29 is 4.79 Å². The Kier molecular flexibility index (Phi) is 5.53. The molecule has 5 heteroatoms. The van der Waals surface area contributed by atoms with E-state index in [9.17, 15) is 4.79 Å². The largest absolute Gasteiger partial charge is 0.336 e. The number of rotatable bonds is 5. The minimum Gasteiger partial charge on any atom is -0.336 e. The first-order chi connectivity index (χ1) is 14.5. The van der Waals surface area contributed by atoms with Crippen molar-refractivity contribution in [3.8, 4) is 11.4 Å². The molecule has 0 bridgehead atoms. The molecule has 2 amide bonds. The predicted octanol–water partition coefficient (Wildman–Crippen LogP) is 5.45. The molecular weight excluding hydrogens is 372 g/mol. The summed E-state index contributed by atoms with van der Waals surface area (Å²) in [7, 11) is 0. The van der Waals surface area contributed by atoms with Gasteiger partial charge in [-0.25, -0.2) is 9.78 Å². The summed E-state index contributed by atoms with van der Waals surface area (Å²) in [4.78, 5) is 17.2. The number of para-hydroxylation sites is 2. The zero-order valence-electron chi connectivity index (χ0n) is 17.6. The maximum Gasteiger partial charge on any atom is 0.319 e. The van der Waals surface area contributed by atoms with Crippen LogP contribution in [-0.4, -0.2) is 22.1 Å². The second-order valence-corrected chi connectivity index (χ2v) is 7.64. The van der Waals surface area contributed by atoms with Gasteiger partial charge in [-0.2, -0.15) is 0 Å². The van der Waals surface area contributed by atoms with E-state index in [2.05, 4.69) is 52.5 Å². The highest BCUT2D eigenvalue weighted by Crippen LogP contribution is 2.25. The lowest BCUT2D eigenvalue weighted by molar-refractivity contribution is 0.251. The van der Waals surface area contributed by atoms with Crippen molar-refractivity contribution in [2.45, 2.75) is 27.3 Å². The third kappa shape index (κ3) is 4.20. The molecule has 0 fully saturated rings. The highest BCUT2D eigenvalue weighted by Gasteiger charge is 2.13. The first-order valence-electron chi connectivity index (χ1n) is 10.2. The fraction of sp³-hybridized carbons (Fsp3) is 0.200. The predicted molar refractivity (Wildman–Crippen MR) is 123 cm³/mol. The van der Waals surface area contributed by atoms with E-state index < -0.39 is 0 Å². The van der Waals surface area contributed by atoms with Gasteiger partial charge in [0.2, 0.25) is 0 Å². The molecule has 4 rings (SSSR count). The van der Waals surface area contributed by atoms with Gasteiger partial charge in [-0.05, 0) is 50.1 Å². The van der Waals surface area contributed by atoms with Gasteiger partial charge in [0.15, 0.2) is 0 Å². The lowest BCUT2D eigenvalue weighted by Gasteiger charge is -2.13. The fourth-order valence-electron chi connectivity index (χ4n) is 3.54. The smallest absolute Gasteiger partial charge is 0.319 e. The van der Waals surface area contributed by atoms with E-state index >= 15 is 0 Å². The number of amides is 2. The highest BCUT2D eigenvalue weighted by molar-refractivity contribution is 5.90. The Morgan fingerprint density at radius 2 is 1.67 bits per heavy atom. The van der Waals surface area contributed by atoms with E-state index in [-0.39, 0.29) is 6.03 Å². The van der Waals surface area contributed by atoms with E-state index in [0.717, 1.165) is 39.2 Å². The summed E-state index contributed by atoms with van der Waals surface area (Å²) in [6.07, 6.45) is 0. The van der Waals surface area contributed by atoms with E-state index in [1.165, 1.54) is 5.56 Å². The van der Waals surface area contributed by atoms with Crippen molar-refractivity contribution in [2.75, 3.05) is 11.9 Å². The van der Waals surface area contributed by atoms with Crippen molar-refractivity contribution in [3.63, 3.8) is 0 Å². The number of urea groups is 1. The number of imidazole rings is 1. The van der Waals surface area contributed by atoms with E-state index in [4.69, 9.17) is 4.98 Å². The summed E-state index contributed by atoms with van der Waals surface area (Å²) in [5, 5.41) is 5.92. The molecule has 5 nitrogen and oxygen atoms in total. The number of nitrogens with one attached hydrogen (secondary N) is 2. The van der Waals surface area contributed by atoms with Gasteiger partial charge in [0.25, 0.3) is 0 Å². The maximum atomic E-state index is 12.4. The molecule has 0 aliphatic rings. The Bertz CT molecular complexity index is 1190. The van der Waals surface area contributed by atoms with Crippen LogP contribution in [0.1, 0.15) is 16.7 Å². The van der Waals surface area contributed by atoms with Crippen molar-refractivity contribution >= 4 is 22.8 Å². The zero-order chi connectivity index (χ0) is 21.1. The number of carbonyl (C=O) groups is 1. The molecule has 0 aliphatic heterocycles. The Balaban J connectivity index is 1.51. The topological polar surface area (TPSA) is 59.0 Å². The molecule has 0 aliphatic carbocycles. The van der Waals surface area contributed by atoms with Crippen molar-refractivity contribution in [1.82, 2.24) is 14.9 Å². The highest BCUT2D eigenvalue weighted by atomic mass is 16.2. The van der Waals surface area contributed by atoms with Gasteiger partial charge in [0.05, 0.1) is 11.0 Å². The molecule has 152 valence electrons. The Labute approximate surface area is 176 Å². The molecule has 0 saturated carbocycles. The summed E-state index contributed by atoms with van der Waals surface area (Å²) in [5.41, 5.74) is 7.28. The number of hydrogen-bond donors (Lipinski definition) is 2. The Hall–Kier alpha value is -3.60. The van der Waals surface area contributed by atoms with Gasteiger partial charge in [0, 0.05) is 24.3 Å². The van der Waals surface area contributed by atoms with Crippen LogP contribution >= 0.6 is 0 Å². The molecule has 1 aromatic heterocycles. The van der Waals surface area contributed by atoms with Gasteiger partial charge < -0.3 is 15.2 Å². The molecule has 4 aromatic rings. The van der Waals surface area contributed by atoms with Gasteiger partial charge >= 0.3 is 6.03 Å². The van der Waals surface area contributed by atoms with E-state index in [1.54, 1.807) is 0 Å². The molecule has 0 atom stereocenters. The molecule has 3 aromatic carbocycles. The normalized spacial score (nSPS) is 10.9. The number of anilines is 1. The first-order valence-corrected chi connectivity index (χ1v) is 10.2. The number of carbonyl (C=O) groups excluding carboxylic acids is 1. The van der Waals surface area contributed by atoms with Crippen LogP contribution in [0.25, 0.3) is 22.4 Å². The number of benzene rings is 3. The minimum absolute atomic E-state index is 0.204. The van der Waals surface area contributed by atoms with Crippen LogP contribution in [-0.2, 0) is 6.54 Å². The van der Waals surface area contributed by atoms with Crippen molar-refractivity contribution in [3.05, 3.63) is 83.4 Å². The summed E-state index contributed by atoms with van der Waals surface area (Å²) < 4.78 is 2.16. The molecule has 0 unspecified atom stereocenters. The molecule has 2 N–H and O–H groups in total. The Morgan fingerprint density at radius 1 is 0.933 bits per heavy atom. The average molecular weight is 399 g/mol. The van der Waals surface area contributed by atoms with Crippen LogP contribution in [0.15, 0.2) is 66.7 Å².